The number of rotatable bonds is 6. The van der Waals surface area contributed by atoms with Gasteiger partial charge in [0, 0.05) is 21.2 Å². The summed E-state index contributed by atoms with van der Waals surface area (Å²) in [7, 11) is 0. The van der Waals surface area contributed by atoms with Crippen molar-refractivity contribution >= 4 is 40.6 Å². The Labute approximate surface area is 224 Å². The zero-order valence-corrected chi connectivity index (χ0v) is 23.1. The topological polar surface area (TPSA) is 81.6 Å². The van der Waals surface area contributed by atoms with Crippen molar-refractivity contribution in [2.24, 2.45) is 11.8 Å². The van der Waals surface area contributed by atoms with Crippen LogP contribution in [0.3, 0.4) is 0 Å². The summed E-state index contributed by atoms with van der Waals surface area (Å²) in [6.45, 7) is 11.3. The number of halogens is 2. The van der Waals surface area contributed by atoms with Crippen LogP contribution in [-0.4, -0.2) is 27.4 Å². The molecule has 2 unspecified atom stereocenters. The highest BCUT2D eigenvalue weighted by atomic mass is 35.5. The molecule has 0 saturated heterocycles. The first-order chi connectivity index (χ1) is 16.7. The summed E-state index contributed by atoms with van der Waals surface area (Å²) in [6.07, 6.45) is 1.02. The van der Waals surface area contributed by atoms with Gasteiger partial charge in [0.25, 0.3) is 0 Å². The summed E-state index contributed by atoms with van der Waals surface area (Å²) in [5.41, 5.74) is -0.532. The van der Waals surface area contributed by atoms with E-state index in [4.69, 9.17) is 23.2 Å². The van der Waals surface area contributed by atoms with Gasteiger partial charge in [0.1, 0.15) is 11.2 Å². The van der Waals surface area contributed by atoms with E-state index in [-0.39, 0.29) is 11.8 Å². The van der Waals surface area contributed by atoms with Gasteiger partial charge in [-0.15, -0.1) is 0 Å². The Hall–Kier alpha value is -2.67. The fourth-order valence-electron chi connectivity index (χ4n) is 3.83. The highest BCUT2D eigenvalue weighted by molar-refractivity contribution is 6.31. The van der Waals surface area contributed by atoms with E-state index in [9.17, 15) is 15.0 Å². The number of hydrogen-bond donors (Lipinski definition) is 4. The van der Waals surface area contributed by atoms with Crippen LogP contribution in [0.5, 0.6) is 0 Å². The highest BCUT2D eigenvalue weighted by Crippen LogP contribution is 2.24. The van der Waals surface area contributed by atoms with E-state index in [2.05, 4.69) is 34.3 Å². The van der Waals surface area contributed by atoms with Crippen LogP contribution in [0.1, 0.15) is 65.5 Å². The lowest BCUT2D eigenvalue weighted by atomic mass is 9.94. The number of carbonyl (C=O) groups excluding carboxylic acids is 1. The first kappa shape index (κ1) is 29.6. The SMILES string of the molecule is CC(C)CC(C)(O)C#Cc1cc(Cl)ccc1NC(=O)Nc1ccc(Cl)cc1C#CC(C)(O)CC(C)C. The van der Waals surface area contributed by atoms with Gasteiger partial charge in [-0.1, -0.05) is 74.6 Å². The molecule has 7 heteroatoms. The summed E-state index contributed by atoms with van der Waals surface area (Å²) in [5.74, 6) is 12.2. The van der Waals surface area contributed by atoms with Gasteiger partial charge < -0.3 is 20.8 Å². The van der Waals surface area contributed by atoms with Gasteiger partial charge in [0.2, 0.25) is 0 Å². The summed E-state index contributed by atoms with van der Waals surface area (Å²) < 4.78 is 0. The Kier molecular flexibility index (Phi) is 10.3. The Balaban J connectivity index is 2.28. The minimum Gasteiger partial charge on any atom is -0.378 e. The number of urea groups is 1. The zero-order valence-electron chi connectivity index (χ0n) is 21.6. The first-order valence-corrected chi connectivity index (χ1v) is 12.6. The second kappa shape index (κ2) is 12.5. The smallest absolute Gasteiger partial charge is 0.323 e. The van der Waals surface area contributed by atoms with E-state index in [1.165, 1.54) is 0 Å². The number of amides is 2. The molecule has 5 nitrogen and oxygen atoms in total. The van der Waals surface area contributed by atoms with E-state index in [1.54, 1.807) is 50.2 Å². The largest absolute Gasteiger partial charge is 0.378 e. The van der Waals surface area contributed by atoms with Gasteiger partial charge in [0.05, 0.1) is 11.4 Å². The van der Waals surface area contributed by atoms with E-state index in [0.717, 1.165) is 0 Å². The third kappa shape index (κ3) is 10.1. The maximum absolute atomic E-state index is 12.9. The third-order valence-electron chi connectivity index (χ3n) is 5.00. The molecule has 2 amide bonds. The number of benzene rings is 2. The second-order valence-corrected chi connectivity index (χ2v) is 11.1. The summed E-state index contributed by atoms with van der Waals surface area (Å²) >= 11 is 12.3. The van der Waals surface area contributed by atoms with E-state index < -0.39 is 17.2 Å². The van der Waals surface area contributed by atoms with Crippen molar-refractivity contribution in [2.75, 3.05) is 10.6 Å². The monoisotopic (exact) mass is 528 g/mol. The molecule has 2 aromatic rings. The summed E-state index contributed by atoms with van der Waals surface area (Å²) in [4.78, 5) is 12.9. The van der Waals surface area contributed by atoms with Gasteiger partial charge in [-0.25, -0.2) is 4.79 Å². The molecule has 0 bridgehead atoms. The normalized spacial score (nSPS) is 14.1. The number of anilines is 2. The minimum atomic E-state index is -1.18. The molecule has 4 N–H and O–H groups in total. The molecule has 36 heavy (non-hydrogen) atoms. The Morgan fingerprint density at radius 1 is 0.806 bits per heavy atom. The van der Waals surface area contributed by atoms with Gasteiger partial charge in [-0.05, 0) is 74.9 Å². The molecule has 0 fully saturated rings. The maximum atomic E-state index is 12.9. The predicted octanol–water partition coefficient (Wildman–Crippen LogP) is 6.93. The molecule has 0 aromatic heterocycles. The quantitative estimate of drug-likeness (QED) is 0.306. The van der Waals surface area contributed by atoms with E-state index >= 15 is 0 Å². The lowest BCUT2D eigenvalue weighted by Crippen LogP contribution is -2.24. The van der Waals surface area contributed by atoms with Crippen LogP contribution in [0.25, 0.3) is 0 Å². The molecule has 0 aliphatic heterocycles. The minimum absolute atomic E-state index is 0.266. The summed E-state index contributed by atoms with van der Waals surface area (Å²) in [6, 6.07) is 9.32. The van der Waals surface area contributed by atoms with Gasteiger partial charge >= 0.3 is 6.03 Å². The summed E-state index contributed by atoms with van der Waals surface area (Å²) in [5, 5.41) is 27.6. The van der Waals surface area contributed by atoms with Crippen molar-refractivity contribution in [2.45, 2.75) is 65.6 Å². The van der Waals surface area contributed by atoms with Crippen molar-refractivity contribution in [3.05, 3.63) is 57.6 Å². The predicted molar refractivity (Wildman–Crippen MR) is 149 cm³/mol. The third-order valence-corrected chi connectivity index (χ3v) is 5.47. The number of hydrogen-bond acceptors (Lipinski definition) is 3. The molecule has 2 atom stereocenters. The molecule has 0 aliphatic rings. The van der Waals surface area contributed by atoms with Crippen molar-refractivity contribution in [3.8, 4) is 23.7 Å². The molecule has 0 saturated carbocycles. The van der Waals surface area contributed by atoms with Gasteiger partial charge in [-0.2, -0.15) is 0 Å². The number of nitrogens with one attached hydrogen (secondary N) is 2. The van der Waals surface area contributed by atoms with Crippen LogP contribution in [0.2, 0.25) is 10.0 Å². The van der Waals surface area contributed by atoms with Crippen LogP contribution in [-0.2, 0) is 0 Å². The zero-order chi connectivity index (χ0) is 27.1. The Morgan fingerprint density at radius 2 is 1.17 bits per heavy atom. The van der Waals surface area contributed by atoms with Crippen molar-refractivity contribution < 1.29 is 15.0 Å². The van der Waals surface area contributed by atoms with Crippen LogP contribution in [0.15, 0.2) is 36.4 Å². The molecule has 0 aliphatic carbocycles. The molecule has 0 spiro atoms. The molecular weight excluding hydrogens is 495 g/mol. The van der Waals surface area contributed by atoms with Crippen LogP contribution in [0.4, 0.5) is 16.2 Å². The molecule has 2 aromatic carbocycles. The fraction of sp³-hybridized carbons (Fsp3) is 0.414. The van der Waals surface area contributed by atoms with Crippen molar-refractivity contribution in [1.82, 2.24) is 0 Å². The molecular formula is C29H34Cl2N2O3. The molecule has 0 radical (unpaired) electrons. The average molecular weight is 530 g/mol. The van der Waals surface area contributed by atoms with E-state index in [0.29, 0.717) is 45.4 Å². The van der Waals surface area contributed by atoms with Crippen LogP contribution >= 0.6 is 23.2 Å². The van der Waals surface area contributed by atoms with Crippen molar-refractivity contribution in [3.63, 3.8) is 0 Å². The first-order valence-electron chi connectivity index (χ1n) is 11.8. The standard InChI is InChI=1S/C29H34Cl2N2O3/c1-19(2)17-28(5,35)13-11-21-15-23(30)7-9-25(21)32-27(34)33-26-10-8-24(31)16-22(26)12-14-29(6,36)18-20(3)4/h7-10,15-16,19-20,35-36H,17-18H2,1-6H3,(H2,32,33,34). The number of aliphatic hydroxyl groups is 2. The number of carbonyl (C=O) groups is 1. The molecule has 192 valence electrons. The Morgan fingerprint density at radius 3 is 1.50 bits per heavy atom. The highest BCUT2D eigenvalue weighted by Gasteiger charge is 2.20. The van der Waals surface area contributed by atoms with E-state index in [1.807, 2.05) is 27.7 Å². The lowest BCUT2D eigenvalue weighted by Gasteiger charge is -2.18. The maximum Gasteiger partial charge on any atom is 0.323 e. The molecule has 2 rings (SSSR count). The lowest BCUT2D eigenvalue weighted by molar-refractivity contribution is 0.0970. The van der Waals surface area contributed by atoms with Gasteiger partial charge in [0.15, 0.2) is 0 Å². The van der Waals surface area contributed by atoms with Crippen molar-refractivity contribution in [1.29, 1.82) is 0 Å². The Bertz CT molecular complexity index is 1120. The molecule has 0 heterocycles. The second-order valence-electron chi connectivity index (χ2n) is 10.2. The van der Waals surface area contributed by atoms with Crippen LogP contribution in [0, 0.1) is 35.5 Å². The van der Waals surface area contributed by atoms with Gasteiger partial charge in [-0.3, -0.25) is 0 Å². The van der Waals surface area contributed by atoms with Crippen LogP contribution < -0.4 is 10.6 Å². The average Bonchev–Trinajstić information content (AvgIpc) is 2.72. The fourth-order valence-corrected chi connectivity index (χ4v) is 4.17.